The van der Waals surface area contributed by atoms with Gasteiger partial charge in [-0.1, -0.05) is 12.1 Å². The number of amides is 1. The smallest absolute Gasteiger partial charge is 0.273 e. The van der Waals surface area contributed by atoms with Crippen molar-refractivity contribution in [2.24, 2.45) is 5.73 Å². The maximum atomic E-state index is 11.3. The third-order valence-corrected chi connectivity index (χ3v) is 2.31. The lowest BCUT2D eigenvalue weighted by molar-refractivity contribution is 0.0993. The molecular formula is C12H11N3O2. The number of carbonyl (C=O) groups is 1. The molecule has 0 aliphatic rings. The van der Waals surface area contributed by atoms with Crippen LogP contribution in [0, 0.1) is 6.92 Å². The summed E-state index contributed by atoms with van der Waals surface area (Å²) in [5.74, 6) is -0.822. The molecule has 1 aromatic carbocycles. The van der Waals surface area contributed by atoms with Gasteiger partial charge in [0.05, 0.1) is 5.69 Å². The van der Waals surface area contributed by atoms with Crippen LogP contribution < -0.4 is 11.2 Å². The van der Waals surface area contributed by atoms with Crippen LogP contribution in [-0.4, -0.2) is 15.7 Å². The van der Waals surface area contributed by atoms with Crippen molar-refractivity contribution < 1.29 is 4.79 Å². The molecule has 5 heteroatoms. The van der Waals surface area contributed by atoms with Crippen LogP contribution in [0.25, 0.3) is 5.69 Å². The largest absolute Gasteiger partial charge is 0.364 e. The minimum atomic E-state index is -0.822. The maximum Gasteiger partial charge on any atom is 0.273 e. The highest BCUT2D eigenvalue weighted by Crippen LogP contribution is 2.07. The SMILES string of the molecule is Cc1cccc(-n2ccc(=O)c(C(N)=O)n2)c1. The van der Waals surface area contributed by atoms with E-state index in [0.717, 1.165) is 11.3 Å². The number of hydrogen-bond acceptors (Lipinski definition) is 3. The number of hydrogen-bond donors (Lipinski definition) is 1. The van der Waals surface area contributed by atoms with E-state index in [0.29, 0.717) is 0 Å². The number of rotatable bonds is 2. The van der Waals surface area contributed by atoms with E-state index in [1.807, 2.05) is 31.2 Å². The minimum Gasteiger partial charge on any atom is -0.364 e. The number of primary amides is 1. The van der Waals surface area contributed by atoms with Crippen LogP contribution in [0.5, 0.6) is 0 Å². The molecule has 0 unspecified atom stereocenters. The van der Waals surface area contributed by atoms with Crippen molar-refractivity contribution in [2.45, 2.75) is 6.92 Å². The van der Waals surface area contributed by atoms with Crippen molar-refractivity contribution in [3.8, 4) is 5.69 Å². The molecular weight excluding hydrogens is 218 g/mol. The van der Waals surface area contributed by atoms with Gasteiger partial charge in [0.2, 0.25) is 5.43 Å². The number of nitrogens with zero attached hydrogens (tertiary/aromatic N) is 2. The summed E-state index contributed by atoms with van der Waals surface area (Å²) in [6, 6.07) is 8.81. The number of aryl methyl sites for hydroxylation is 1. The van der Waals surface area contributed by atoms with Crippen LogP contribution >= 0.6 is 0 Å². The molecule has 0 aliphatic carbocycles. The fraction of sp³-hybridized carbons (Fsp3) is 0.0833. The molecule has 1 aromatic heterocycles. The molecule has 2 aromatic rings. The lowest BCUT2D eigenvalue weighted by Crippen LogP contribution is -2.25. The second-order valence-corrected chi connectivity index (χ2v) is 3.68. The van der Waals surface area contributed by atoms with Crippen LogP contribution in [-0.2, 0) is 0 Å². The van der Waals surface area contributed by atoms with Gasteiger partial charge in [-0.15, -0.1) is 0 Å². The molecule has 0 saturated carbocycles. The summed E-state index contributed by atoms with van der Waals surface area (Å²) in [6.45, 7) is 1.95. The molecule has 2 N–H and O–H groups in total. The summed E-state index contributed by atoms with van der Waals surface area (Å²) in [7, 11) is 0. The first-order valence-corrected chi connectivity index (χ1v) is 5.05. The topological polar surface area (TPSA) is 78.0 Å². The van der Waals surface area contributed by atoms with E-state index in [1.165, 1.54) is 16.9 Å². The Bertz CT molecular complexity index is 632. The third kappa shape index (κ3) is 2.23. The van der Waals surface area contributed by atoms with Gasteiger partial charge < -0.3 is 5.73 Å². The molecule has 86 valence electrons. The van der Waals surface area contributed by atoms with Crippen LogP contribution in [0.4, 0.5) is 0 Å². The molecule has 1 amide bonds. The van der Waals surface area contributed by atoms with Gasteiger partial charge in [-0.3, -0.25) is 9.59 Å². The number of aromatic nitrogens is 2. The monoisotopic (exact) mass is 229 g/mol. The average Bonchev–Trinajstić information content (AvgIpc) is 2.29. The summed E-state index contributed by atoms with van der Waals surface area (Å²) < 4.78 is 1.45. The molecule has 0 spiro atoms. The molecule has 0 aliphatic heterocycles. The van der Waals surface area contributed by atoms with Crippen molar-refractivity contribution >= 4 is 5.91 Å². The summed E-state index contributed by atoms with van der Waals surface area (Å²) >= 11 is 0. The van der Waals surface area contributed by atoms with E-state index < -0.39 is 11.3 Å². The highest BCUT2D eigenvalue weighted by atomic mass is 16.2. The zero-order valence-electron chi connectivity index (χ0n) is 9.25. The van der Waals surface area contributed by atoms with Crippen LogP contribution in [0.15, 0.2) is 41.3 Å². The summed E-state index contributed by atoms with van der Waals surface area (Å²) in [5.41, 5.74) is 6.18. The third-order valence-electron chi connectivity index (χ3n) is 2.31. The van der Waals surface area contributed by atoms with Gasteiger partial charge in [0.25, 0.3) is 5.91 Å². The second-order valence-electron chi connectivity index (χ2n) is 3.68. The van der Waals surface area contributed by atoms with E-state index >= 15 is 0 Å². The van der Waals surface area contributed by atoms with E-state index in [9.17, 15) is 9.59 Å². The Balaban J connectivity index is 2.58. The minimum absolute atomic E-state index is 0.256. The standard InChI is InChI=1S/C12H11N3O2/c1-8-3-2-4-9(7-8)15-6-5-10(16)11(14-15)12(13)17/h2-7H,1H3,(H2,13,17). The number of carbonyl (C=O) groups excluding carboxylic acids is 1. The maximum absolute atomic E-state index is 11.3. The van der Waals surface area contributed by atoms with E-state index in [4.69, 9.17) is 5.73 Å². The Morgan fingerprint density at radius 1 is 1.35 bits per heavy atom. The molecule has 1 heterocycles. The zero-order chi connectivity index (χ0) is 12.4. The lowest BCUT2D eigenvalue weighted by Gasteiger charge is -2.06. The van der Waals surface area contributed by atoms with Gasteiger partial charge in [-0.05, 0) is 24.6 Å². The highest BCUT2D eigenvalue weighted by Gasteiger charge is 2.08. The highest BCUT2D eigenvalue weighted by molar-refractivity contribution is 5.90. The van der Waals surface area contributed by atoms with Gasteiger partial charge in [-0.2, -0.15) is 5.10 Å². The van der Waals surface area contributed by atoms with Crippen LogP contribution in [0.3, 0.4) is 0 Å². The lowest BCUT2D eigenvalue weighted by atomic mass is 10.2. The van der Waals surface area contributed by atoms with Crippen LogP contribution in [0.1, 0.15) is 16.1 Å². The van der Waals surface area contributed by atoms with E-state index in [-0.39, 0.29) is 5.69 Å². The van der Waals surface area contributed by atoms with Crippen LogP contribution in [0.2, 0.25) is 0 Å². The van der Waals surface area contributed by atoms with Crippen molar-refractivity contribution in [3.05, 3.63) is 58.0 Å². The number of nitrogens with two attached hydrogens (primary N) is 1. The molecule has 0 radical (unpaired) electrons. The quantitative estimate of drug-likeness (QED) is 0.820. The predicted molar refractivity (Wildman–Crippen MR) is 63.1 cm³/mol. The Kier molecular flexibility index (Phi) is 2.74. The molecule has 0 fully saturated rings. The Labute approximate surface area is 97.5 Å². The first-order chi connectivity index (χ1) is 8.08. The van der Waals surface area contributed by atoms with Gasteiger partial charge in [0.15, 0.2) is 5.69 Å². The first kappa shape index (κ1) is 11.1. The average molecular weight is 229 g/mol. The Morgan fingerprint density at radius 3 is 2.76 bits per heavy atom. The molecule has 5 nitrogen and oxygen atoms in total. The van der Waals surface area contributed by atoms with Crippen molar-refractivity contribution in [3.63, 3.8) is 0 Å². The van der Waals surface area contributed by atoms with Gasteiger partial charge in [0.1, 0.15) is 0 Å². The summed E-state index contributed by atoms with van der Waals surface area (Å²) in [5, 5.41) is 3.91. The fourth-order valence-electron chi connectivity index (χ4n) is 1.49. The second kappa shape index (κ2) is 4.21. The first-order valence-electron chi connectivity index (χ1n) is 5.05. The van der Waals surface area contributed by atoms with Gasteiger partial charge in [0, 0.05) is 12.3 Å². The normalized spacial score (nSPS) is 10.2. The Morgan fingerprint density at radius 2 is 2.12 bits per heavy atom. The molecule has 2 rings (SSSR count). The van der Waals surface area contributed by atoms with Crippen molar-refractivity contribution in [2.75, 3.05) is 0 Å². The van der Waals surface area contributed by atoms with E-state index in [1.54, 1.807) is 0 Å². The zero-order valence-corrected chi connectivity index (χ0v) is 9.25. The Hall–Kier alpha value is -2.43. The molecule has 17 heavy (non-hydrogen) atoms. The molecule has 0 atom stereocenters. The van der Waals surface area contributed by atoms with Crippen molar-refractivity contribution in [1.29, 1.82) is 0 Å². The predicted octanol–water partition coefficient (Wildman–Crippen LogP) is 0.640. The van der Waals surface area contributed by atoms with Crippen molar-refractivity contribution in [1.82, 2.24) is 9.78 Å². The number of benzene rings is 1. The summed E-state index contributed by atoms with van der Waals surface area (Å²) in [4.78, 5) is 22.4. The van der Waals surface area contributed by atoms with E-state index in [2.05, 4.69) is 5.10 Å². The fourth-order valence-corrected chi connectivity index (χ4v) is 1.49. The molecule has 0 bridgehead atoms. The molecule has 0 saturated heterocycles. The van der Waals surface area contributed by atoms with Gasteiger partial charge >= 0.3 is 0 Å². The van der Waals surface area contributed by atoms with Gasteiger partial charge in [-0.25, -0.2) is 4.68 Å². The summed E-state index contributed by atoms with van der Waals surface area (Å²) in [6.07, 6.45) is 1.50.